The number of ether oxygens (including phenoxy) is 2. The Kier molecular flexibility index (Phi) is 4.79. The number of rotatable bonds is 3. The van der Waals surface area contributed by atoms with Crippen LogP contribution in [0.5, 0.6) is 0 Å². The molecule has 0 aromatic carbocycles. The normalized spacial score (nSPS) is 19.5. The molecule has 1 aliphatic heterocycles. The van der Waals surface area contributed by atoms with Gasteiger partial charge in [0.15, 0.2) is 0 Å². The average molecular weight is 279 g/mol. The molecule has 6 heteroatoms. The molecule has 0 amide bonds. The first-order chi connectivity index (χ1) is 9.61. The van der Waals surface area contributed by atoms with Gasteiger partial charge < -0.3 is 20.1 Å². The maximum absolute atomic E-state index is 12.1. The lowest BCUT2D eigenvalue weighted by atomic mass is 10.2. The number of aromatic nitrogens is 1. The lowest BCUT2D eigenvalue weighted by Gasteiger charge is -2.25. The maximum atomic E-state index is 12.1. The highest BCUT2D eigenvalue weighted by Gasteiger charge is 2.22. The SMILES string of the molecule is CCOC(=O)c1cc(N)cnc1N1CCCOC(C)C1. The minimum Gasteiger partial charge on any atom is -0.462 e. The van der Waals surface area contributed by atoms with Gasteiger partial charge in [0.25, 0.3) is 0 Å². The van der Waals surface area contributed by atoms with Crippen LogP contribution in [0.2, 0.25) is 0 Å². The first-order valence-electron chi connectivity index (χ1n) is 6.91. The van der Waals surface area contributed by atoms with Crippen LogP contribution in [0.25, 0.3) is 0 Å². The fraction of sp³-hybridized carbons (Fsp3) is 0.571. The van der Waals surface area contributed by atoms with E-state index in [1.807, 2.05) is 6.92 Å². The van der Waals surface area contributed by atoms with Gasteiger partial charge >= 0.3 is 5.97 Å². The number of pyridine rings is 1. The minimum atomic E-state index is -0.389. The number of nitrogens with two attached hydrogens (primary N) is 1. The highest BCUT2D eigenvalue weighted by molar-refractivity contribution is 5.95. The molecule has 0 saturated carbocycles. The number of anilines is 2. The summed E-state index contributed by atoms with van der Waals surface area (Å²) in [5.41, 5.74) is 6.61. The van der Waals surface area contributed by atoms with Crippen molar-refractivity contribution in [3.63, 3.8) is 0 Å². The van der Waals surface area contributed by atoms with Crippen molar-refractivity contribution in [2.45, 2.75) is 26.4 Å². The monoisotopic (exact) mass is 279 g/mol. The van der Waals surface area contributed by atoms with Crippen LogP contribution in [0.4, 0.5) is 11.5 Å². The summed E-state index contributed by atoms with van der Waals surface area (Å²) in [5, 5.41) is 0. The van der Waals surface area contributed by atoms with E-state index in [0.29, 0.717) is 30.2 Å². The number of nitrogens with zero attached hydrogens (tertiary/aromatic N) is 2. The van der Waals surface area contributed by atoms with Crippen LogP contribution < -0.4 is 10.6 Å². The smallest absolute Gasteiger partial charge is 0.341 e. The van der Waals surface area contributed by atoms with E-state index >= 15 is 0 Å². The molecule has 0 bridgehead atoms. The Morgan fingerprint density at radius 1 is 1.65 bits per heavy atom. The summed E-state index contributed by atoms with van der Waals surface area (Å²) in [5.74, 6) is 0.232. The summed E-state index contributed by atoms with van der Waals surface area (Å²) in [6.45, 7) is 6.34. The largest absolute Gasteiger partial charge is 0.462 e. The van der Waals surface area contributed by atoms with Gasteiger partial charge in [-0.1, -0.05) is 0 Å². The number of carbonyl (C=O) groups excluding carboxylic acids is 1. The highest BCUT2D eigenvalue weighted by atomic mass is 16.5. The van der Waals surface area contributed by atoms with E-state index in [1.165, 1.54) is 0 Å². The second kappa shape index (κ2) is 6.56. The molecule has 0 radical (unpaired) electrons. The summed E-state index contributed by atoms with van der Waals surface area (Å²) in [7, 11) is 0. The molecule has 1 saturated heterocycles. The average Bonchev–Trinajstić information content (AvgIpc) is 2.63. The molecule has 0 aliphatic carbocycles. The van der Waals surface area contributed by atoms with Gasteiger partial charge in [-0.25, -0.2) is 9.78 Å². The second-order valence-corrected chi connectivity index (χ2v) is 4.84. The Bertz CT molecular complexity index is 479. The third kappa shape index (κ3) is 3.39. The molecule has 1 aliphatic rings. The predicted molar refractivity (Wildman–Crippen MR) is 76.8 cm³/mol. The molecule has 0 spiro atoms. The summed E-state index contributed by atoms with van der Waals surface area (Å²) < 4.78 is 10.7. The van der Waals surface area contributed by atoms with E-state index in [4.69, 9.17) is 15.2 Å². The Labute approximate surface area is 118 Å². The topological polar surface area (TPSA) is 77.7 Å². The van der Waals surface area contributed by atoms with Gasteiger partial charge in [0.2, 0.25) is 0 Å². The second-order valence-electron chi connectivity index (χ2n) is 4.84. The lowest BCUT2D eigenvalue weighted by molar-refractivity contribution is 0.0526. The van der Waals surface area contributed by atoms with E-state index in [-0.39, 0.29) is 12.1 Å². The van der Waals surface area contributed by atoms with E-state index in [0.717, 1.165) is 19.6 Å². The number of carbonyl (C=O) groups is 1. The van der Waals surface area contributed by atoms with E-state index in [1.54, 1.807) is 19.2 Å². The molecule has 1 atom stereocenters. The van der Waals surface area contributed by atoms with Crippen molar-refractivity contribution in [1.29, 1.82) is 0 Å². The molecular weight excluding hydrogens is 258 g/mol. The van der Waals surface area contributed by atoms with Crippen molar-refractivity contribution in [2.24, 2.45) is 0 Å². The van der Waals surface area contributed by atoms with Crippen molar-refractivity contribution in [3.8, 4) is 0 Å². The zero-order valence-corrected chi connectivity index (χ0v) is 12.0. The molecule has 6 nitrogen and oxygen atoms in total. The fourth-order valence-corrected chi connectivity index (χ4v) is 2.27. The molecule has 1 fully saturated rings. The predicted octanol–water partition coefficient (Wildman–Crippen LogP) is 1.46. The minimum absolute atomic E-state index is 0.104. The van der Waals surface area contributed by atoms with Crippen LogP contribution in [0.15, 0.2) is 12.3 Å². The third-order valence-corrected chi connectivity index (χ3v) is 3.13. The van der Waals surface area contributed by atoms with Crippen molar-refractivity contribution in [2.75, 3.05) is 36.9 Å². The van der Waals surface area contributed by atoms with E-state index in [2.05, 4.69) is 9.88 Å². The first-order valence-corrected chi connectivity index (χ1v) is 6.91. The summed E-state index contributed by atoms with van der Waals surface area (Å²) in [6, 6.07) is 1.62. The van der Waals surface area contributed by atoms with Gasteiger partial charge in [0, 0.05) is 19.7 Å². The number of nitrogen functional groups attached to an aromatic ring is 1. The van der Waals surface area contributed by atoms with Gasteiger partial charge in [-0.15, -0.1) is 0 Å². The van der Waals surface area contributed by atoms with Crippen LogP contribution in [-0.2, 0) is 9.47 Å². The van der Waals surface area contributed by atoms with Crippen LogP contribution >= 0.6 is 0 Å². The van der Waals surface area contributed by atoms with Crippen LogP contribution in [-0.4, -0.2) is 43.4 Å². The first kappa shape index (κ1) is 14.6. The van der Waals surface area contributed by atoms with Crippen LogP contribution in [0, 0.1) is 0 Å². The summed E-state index contributed by atoms with van der Waals surface area (Å²) in [4.78, 5) is 18.4. The fourth-order valence-electron chi connectivity index (χ4n) is 2.27. The maximum Gasteiger partial charge on any atom is 0.341 e. The van der Waals surface area contributed by atoms with E-state index in [9.17, 15) is 4.79 Å². The van der Waals surface area contributed by atoms with Crippen molar-refractivity contribution >= 4 is 17.5 Å². The zero-order valence-electron chi connectivity index (χ0n) is 12.0. The molecule has 2 N–H and O–H groups in total. The molecule has 20 heavy (non-hydrogen) atoms. The number of esters is 1. The molecule has 110 valence electrons. The quantitative estimate of drug-likeness (QED) is 0.844. The molecule has 2 heterocycles. The molecule has 2 rings (SSSR count). The summed E-state index contributed by atoms with van der Waals surface area (Å²) in [6.07, 6.45) is 2.57. The van der Waals surface area contributed by atoms with Gasteiger partial charge in [-0.2, -0.15) is 0 Å². The third-order valence-electron chi connectivity index (χ3n) is 3.13. The van der Waals surface area contributed by atoms with E-state index < -0.39 is 0 Å². The van der Waals surface area contributed by atoms with Gasteiger partial charge in [0.05, 0.1) is 24.6 Å². The standard InChI is InChI=1S/C14H21N3O3/c1-3-19-14(18)12-7-11(15)8-16-13(12)17-5-4-6-20-10(2)9-17/h7-8,10H,3-6,9,15H2,1-2H3. The van der Waals surface area contributed by atoms with Crippen molar-refractivity contribution < 1.29 is 14.3 Å². The zero-order chi connectivity index (χ0) is 14.5. The molecule has 1 aromatic heterocycles. The number of hydrogen-bond donors (Lipinski definition) is 1. The molecular formula is C14H21N3O3. The Morgan fingerprint density at radius 3 is 3.20 bits per heavy atom. The van der Waals surface area contributed by atoms with Crippen molar-refractivity contribution in [3.05, 3.63) is 17.8 Å². The van der Waals surface area contributed by atoms with Crippen LogP contribution in [0.1, 0.15) is 30.6 Å². The summed E-state index contributed by atoms with van der Waals surface area (Å²) >= 11 is 0. The Balaban J connectivity index is 2.31. The lowest BCUT2D eigenvalue weighted by Crippen LogP contribution is -2.32. The Morgan fingerprint density at radius 2 is 2.45 bits per heavy atom. The van der Waals surface area contributed by atoms with Gasteiger partial charge in [-0.3, -0.25) is 0 Å². The number of hydrogen-bond acceptors (Lipinski definition) is 6. The van der Waals surface area contributed by atoms with Crippen molar-refractivity contribution in [1.82, 2.24) is 4.98 Å². The van der Waals surface area contributed by atoms with Gasteiger partial charge in [-0.05, 0) is 26.3 Å². The Hall–Kier alpha value is -1.82. The van der Waals surface area contributed by atoms with Crippen LogP contribution in [0.3, 0.4) is 0 Å². The van der Waals surface area contributed by atoms with Gasteiger partial charge in [0.1, 0.15) is 11.4 Å². The highest BCUT2D eigenvalue weighted by Crippen LogP contribution is 2.23. The molecule has 1 unspecified atom stereocenters. The molecule has 1 aromatic rings.